The third-order valence-electron chi connectivity index (χ3n) is 7.00. The van der Waals surface area contributed by atoms with Crippen LogP contribution in [0.15, 0.2) is 112 Å². The molecular formula is C31H28BrNO3. The molecule has 2 aliphatic rings. The molecule has 5 rings (SSSR count). The van der Waals surface area contributed by atoms with Gasteiger partial charge in [-0.2, -0.15) is 0 Å². The fourth-order valence-corrected chi connectivity index (χ4v) is 5.79. The second kappa shape index (κ2) is 10.7. The van der Waals surface area contributed by atoms with E-state index in [9.17, 15) is 9.59 Å². The summed E-state index contributed by atoms with van der Waals surface area (Å²) in [5, 5.41) is 3.43. The van der Waals surface area contributed by atoms with Gasteiger partial charge in [-0.25, -0.2) is 4.79 Å². The van der Waals surface area contributed by atoms with Gasteiger partial charge < -0.3 is 10.1 Å². The molecule has 2 atom stereocenters. The van der Waals surface area contributed by atoms with Crippen LogP contribution in [0.2, 0.25) is 0 Å². The van der Waals surface area contributed by atoms with Gasteiger partial charge in [0.1, 0.15) is 0 Å². The number of rotatable bonds is 6. The number of hydrogen-bond acceptors (Lipinski definition) is 4. The van der Waals surface area contributed by atoms with Gasteiger partial charge in [-0.05, 0) is 42.0 Å². The summed E-state index contributed by atoms with van der Waals surface area (Å²) in [4.78, 5) is 27.2. The van der Waals surface area contributed by atoms with Crippen LogP contribution >= 0.6 is 15.9 Å². The van der Waals surface area contributed by atoms with Crippen molar-refractivity contribution in [2.24, 2.45) is 0 Å². The summed E-state index contributed by atoms with van der Waals surface area (Å²) in [6.07, 6.45) is 1.78. The Morgan fingerprint density at radius 1 is 0.944 bits per heavy atom. The molecule has 0 saturated carbocycles. The molecule has 3 aromatic carbocycles. The van der Waals surface area contributed by atoms with Crippen LogP contribution in [0.25, 0.3) is 0 Å². The number of dihydropyridines is 1. The first-order chi connectivity index (χ1) is 17.5. The molecule has 0 fully saturated rings. The number of carbonyl (C=O) groups is 2. The van der Waals surface area contributed by atoms with E-state index < -0.39 is 5.92 Å². The Balaban J connectivity index is 1.47. The smallest absolute Gasteiger partial charge is 0.336 e. The average Bonchev–Trinajstić information content (AvgIpc) is 2.89. The van der Waals surface area contributed by atoms with Gasteiger partial charge in [0.2, 0.25) is 0 Å². The van der Waals surface area contributed by atoms with E-state index in [-0.39, 0.29) is 24.3 Å². The number of carbonyl (C=O) groups excluding carboxylic acids is 2. The normalized spacial score (nSPS) is 19.6. The molecule has 1 aliphatic carbocycles. The van der Waals surface area contributed by atoms with Gasteiger partial charge in [0.25, 0.3) is 0 Å². The Kier molecular flexibility index (Phi) is 7.19. The maximum absolute atomic E-state index is 13.7. The minimum atomic E-state index is -0.481. The molecule has 0 radical (unpaired) electrons. The van der Waals surface area contributed by atoms with Crippen LogP contribution in [0.3, 0.4) is 0 Å². The Hall–Kier alpha value is -3.44. The highest BCUT2D eigenvalue weighted by molar-refractivity contribution is 9.10. The van der Waals surface area contributed by atoms with Crippen molar-refractivity contribution in [3.05, 3.63) is 129 Å². The van der Waals surface area contributed by atoms with Crippen LogP contribution in [0.4, 0.5) is 0 Å². The highest BCUT2D eigenvalue weighted by atomic mass is 79.9. The van der Waals surface area contributed by atoms with Crippen LogP contribution in [0, 0.1) is 0 Å². The molecule has 0 saturated heterocycles. The summed E-state index contributed by atoms with van der Waals surface area (Å²) in [6, 6.07) is 27.9. The molecule has 0 spiro atoms. The Morgan fingerprint density at radius 3 is 2.33 bits per heavy atom. The van der Waals surface area contributed by atoms with E-state index in [0.29, 0.717) is 24.0 Å². The summed E-state index contributed by atoms with van der Waals surface area (Å²) in [5.41, 5.74) is 5.98. The summed E-state index contributed by atoms with van der Waals surface area (Å²) in [7, 11) is 0. The van der Waals surface area contributed by atoms with Crippen molar-refractivity contribution in [2.45, 2.75) is 38.0 Å². The quantitative estimate of drug-likeness (QED) is 0.357. The zero-order valence-corrected chi connectivity index (χ0v) is 21.8. The molecule has 0 amide bonds. The first-order valence-corrected chi connectivity index (χ1v) is 13.1. The minimum Gasteiger partial charge on any atom is -0.462 e. The minimum absolute atomic E-state index is 0.0699. The van der Waals surface area contributed by atoms with Gasteiger partial charge in [-0.3, -0.25) is 4.79 Å². The van der Waals surface area contributed by atoms with Crippen LogP contribution in [0.5, 0.6) is 0 Å². The third-order valence-corrected chi connectivity index (χ3v) is 7.72. The van der Waals surface area contributed by atoms with Crippen molar-refractivity contribution in [2.75, 3.05) is 6.61 Å². The van der Waals surface area contributed by atoms with Crippen molar-refractivity contribution < 1.29 is 14.3 Å². The fourth-order valence-electron chi connectivity index (χ4n) is 5.27. The number of Topliss-reactive ketones (excluding diaryl/α,β-unsaturated/α-hetero) is 1. The molecule has 4 nitrogen and oxygen atoms in total. The first-order valence-electron chi connectivity index (χ1n) is 12.3. The lowest BCUT2D eigenvalue weighted by Gasteiger charge is -2.37. The standard InChI is InChI=1S/C31H28BrNO3/c1-20-28(31(35)36-17-16-21-10-4-2-5-11-21)29(24-14-8-9-15-25(24)32)30-26(33-20)18-23(19-27(30)34)22-12-6-3-7-13-22/h2-15,23,29,33H,16-19H2,1H3/t23-,29+/m1/s1. The Bertz CT molecular complexity index is 1340. The molecule has 0 unspecified atom stereocenters. The van der Waals surface area contributed by atoms with Gasteiger partial charge in [-0.15, -0.1) is 0 Å². The molecule has 3 aromatic rings. The number of allylic oxidation sites excluding steroid dienone is 3. The highest BCUT2D eigenvalue weighted by Gasteiger charge is 2.42. The van der Waals surface area contributed by atoms with Crippen LogP contribution in [0.1, 0.15) is 48.3 Å². The fraction of sp³-hybridized carbons (Fsp3) is 0.226. The third kappa shape index (κ3) is 4.93. The van der Waals surface area contributed by atoms with Crippen molar-refractivity contribution >= 4 is 27.7 Å². The monoisotopic (exact) mass is 541 g/mol. The van der Waals surface area contributed by atoms with E-state index >= 15 is 0 Å². The number of ether oxygens (including phenoxy) is 1. The molecule has 1 aliphatic heterocycles. The number of esters is 1. The van der Waals surface area contributed by atoms with Crippen LogP contribution < -0.4 is 5.32 Å². The lowest BCUT2D eigenvalue weighted by molar-refractivity contribution is -0.139. The van der Waals surface area contributed by atoms with Gasteiger partial charge in [-0.1, -0.05) is 94.8 Å². The molecule has 36 heavy (non-hydrogen) atoms. The van der Waals surface area contributed by atoms with E-state index in [2.05, 4.69) is 33.4 Å². The molecule has 1 N–H and O–H groups in total. The Labute approximate surface area is 220 Å². The number of nitrogens with one attached hydrogen (secondary N) is 1. The predicted octanol–water partition coefficient (Wildman–Crippen LogP) is 6.60. The van der Waals surface area contributed by atoms with Gasteiger partial charge in [0, 0.05) is 40.2 Å². The van der Waals surface area contributed by atoms with E-state index in [1.54, 1.807) is 0 Å². The van der Waals surface area contributed by atoms with Crippen molar-refractivity contribution in [3.63, 3.8) is 0 Å². The summed E-state index contributed by atoms with van der Waals surface area (Å²) in [5.74, 6) is -0.691. The van der Waals surface area contributed by atoms with E-state index in [1.165, 1.54) is 0 Å². The second-order valence-electron chi connectivity index (χ2n) is 9.32. The first kappa shape index (κ1) is 24.3. The summed E-state index contributed by atoms with van der Waals surface area (Å²) in [6.45, 7) is 2.18. The van der Waals surface area contributed by atoms with Gasteiger partial charge in [0.15, 0.2) is 5.78 Å². The zero-order chi connectivity index (χ0) is 25.1. The van der Waals surface area contributed by atoms with Crippen molar-refractivity contribution in [1.29, 1.82) is 0 Å². The largest absolute Gasteiger partial charge is 0.462 e. The highest BCUT2D eigenvalue weighted by Crippen LogP contribution is 2.47. The number of halogens is 1. The van der Waals surface area contributed by atoms with E-state index in [0.717, 1.165) is 39.0 Å². The lowest BCUT2D eigenvalue weighted by Crippen LogP contribution is -2.36. The number of hydrogen-bond donors (Lipinski definition) is 1. The van der Waals surface area contributed by atoms with E-state index in [4.69, 9.17) is 4.74 Å². The van der Waals surface area contributed by atoms with Gasteiger partial charge >= 0.3 is 5.97 Å². The molecule has 0 bridgehead atoms. The average molecular weight is 542 g/mol. The summed E-state index contributed by atoms with van der Waals surface area (Å²) < 4.78 is 6.63. The molecule has 0 aromatic heterocycles. The predicted molar refractivity (Wildman–Crippen MR) is 144 cm³/mol. The van der Waals surface area contributed by atoms with Gasteiger partial charge in [0.05, 0.1) is 12.2 Å². The second-order valence-corrected chi connectivity index (χ2v) is 10.2. The summed E-state index contributed by atoms with van der Waals surface area (Å²) >= 11 is 3.67. The molecule has 182 valence electrons. The van der Waals surface area contributed by atoms with Crippen molar-refractivity contribution in [3.8, 4) is 0 Å². The molecule has 1 heterocycles. The zero-order valence-electron chi connectivity index (χ0n) is 20.2. The number of ketones is 1. The van der Waals surface area contributed by atoms with Crippen LogP contribution in [-0.4, -0.2) is 18.4 Å². The topological polar surface area (TPSA) is 55.4 Å². The molecular weight excluding hydrogens is 514 g/mol. The number of benzene rings is 3. The lowest BCUT2D eigenvalue weighted by atomic mass is 9.72. The maximum Gasteiger partial charge on any atom is 0.336 e. The van der Waals surface area contributed by atoms with Crippen LogP contribution in [-0.2, 0) is 20.7 Å². The maximum atomic E-state index is 13.7. The van der Waals surface area contributed by atoms with Crippen molar-refractivity contribution in [1.82, 2.24) is 5.32 Å². The SMILES string of the molecule is CC1=C(C(=O)OCCc2ccccc2)[C@H](c2ccccc2Br)C2=C(C[C@@H](c3ccccc3)CC2=O)N1. The Morgan fingerprint density at radius 2 is 1.61 bits per heavy atom. The molecule has 5 heteroatoms. The van der Waals surface area contributed by atoms with E-state index in [1.807, 2.05) is 79.7 Å².